The topological polar surface area (TPSA) is 82.3 Å². The van der Waals surface area contributed by atoms with E-state index in [9.17, 15) is 14.4 Å². The van der Waals surface area contributed by atoms with Gasteiger partial charge in [0, 0.05) is 13.6 Å². The molecule has 3 rings (SSSR count). The number of ether oxygens (including phenoxy) is 1. The molecule has 142 valence electrons. The van der Waals surface area contributed by atoms with E-state index in [4.69, 9.17) is 4.74 Å². The number of nitrogens with zero attached hydrogens (tertiary/aromatic N) is 2. The number of ketones is 1. The minimum atomic E-state index is -0.577. The van der Waals surface area contributed by atoms with E-state index < -0.39 is 17.0 Å². The molecule has 1 aliphatic rings. The lowest BCUT2D eigenvalue weighted by Gasteiger charge is -2.11. The maximum Gasteiger partial charge on any atom is 0.332 e. The zero-order valence-electron chi connectivity index (χ0n) is 15.7. The zero-order chi connectivity index (χ0) is 19.6. The Bertz CT molecular complexity index is 1010. The van der Waals surface area contributed by atoms with Gasteiger partial charge in [0.1, 0.15) is 17.1 Å². The van der Waals surface area contributed by atoms with Crippen molar-refractivity contribution >= 4 is 17.7 Å². The smallest absolute Gasteiger partial charge is 0.332 e. The Morgan fingerprint density at radius 3 is 2.41 bits per heavy atom. The van der Waals surface area contributed by atoms with Crippen LogP contribution in [0.4, 0.5) is 5.82 Å². The highest BCUT2D eigenvalue weighted by Crippen LogP contribution is 2.26. The molecule has 2 aromatic rings. The van der Waals surface area contributed by atoms with E-state index in [1.807, 2.05) is 38.1 Å². The van der Waals surface area contributed by atoms with Crippen LogP contribution in [-0.4, -0.2) is 21.5 Å². The van der Waals surface area contributed by atoms with Crippen LogP contribution in [0.1, 0.15) is 42.6 Å². The van der Waals surface area contributed by atoms with Gasteiger partial charge in [-0.15, -0.1) is 0 Å². The number of benzene rings is 1. The second-order valence-electron chi connectivity index (χ2n) is 6.45. The van der Waals surface area contributed by atoms with Crippen LogP contribution in [0, 0.1) is 0 Å². The molecule has 2 heterocycles. The first-order valence-electron chi connectivity index (χ1n) is 9.08. The number of aromatic nitrogens is 2. The van der Waals surface area contributed by atoms with E-state index in [-0.39, 0.29) is 17.1 Å². The van der Waals surface area contributed by atoms with Crippen LogP contribution in [0.3, 0.4) is 0 Å². The summed E-state index contributed by atoms with van der Waals surface area (Å²) in [6, 6.07) is 7.35. The molecule has 0 unspecified atom stereocenters. The van der Waals surface area contributed by atoms with Gasteiger partial charge < -0.3 is 10.1 Å². The molecular formula is C20H23N3O4. The largest absolute Gasteiger partial charge is 0.494 e. The molecule has 7 nitrogen and oxygen atoms in total. The van der Waals surface area contributed by atoms with Crippen LogP contribution >= 0.6 is 0 Å². The number of hydrogen-bond acceptors (Lipinski definition) is 5. The third-order valence-corrected chi connectivity index (χ3v) is 4.38. The highest BCUT2D eigenvalue weighted by atomic mass is 16.5. The number of anilines is 1. The van der Waals surface area contributed by atoms with Gasteiger partial charge in [0.15, 0.2) is 0 Å². The van der Waals surface area contributed by atoms with Gasteiger partial charge in [-0.2, -0.15) is 0 Å². The van der Waals surface area contributed by atoms with E-state index in [2.05, 4.69) is 5.32 Å². The van der Waals surface area contributed by atoms with E-state index >= 15 is 0 Å². The average molecular weight is 369 g/mol. The summed E-state index contributed by atoms with van der Waals surface area (Å²) in [5.41, 5.74) is 0.0781. The summed E-state index contributed by atoms with van der Waals surface area (Å²) >= 11 is 0. The van der Waals surface area contributed by atoms with Crippen LogP contribution in [0.2, 0.25) is 0 Å². The molecule has 0 saturated heterocycles. The molecule has 0 atom stereocenters. The standard InChI is InChI=1S/C20H23N3O4/c1-4-10-23-18-16(19(25)22(3)20(23)26)17(24)15(21-18)12-13-6-8-14(9-7-13)27-11-5-2/h6-9,12,21H,4-5,10-11H2,1-3H3/b15-12+. The lowest BCUT2D eigenvalue weighted by atomic mass is 10.1. The Hall–Kier alpha value is -3.09. The molecule has 0 radical (unpaired) electrons. The van der Waals surface area contributed by atoms with Crippen LogP contribution in [0.5, 0.6) is 5.75 Å². The van der Waals surface area contributed by atoms with Crippen molar-refractivity contribution in [2.75, 3.05) is 11.9 Å². The van der Waals surface area contributed by atoms with Gasteiger partial charge in [-0.3, -0.25) is 18.7 Å². The zero-order valence-corrected chi connectivity index (χ0v) is 15.7. The highest BCUT2D eigenvalue weighted by molar-refractivity contribution is 6.19. The molecule has 1 aromatic heterocycles. The number of rotatable bonds is 6. The molecule has 27 heavy (non-hydrogen) atoms. The SMILES string of the molecule is CCCOc1ccc(/C=C2/Nc3c(c(=O)n(C)c(=O)n3CCC)C2=O)cc1. The number of Topliss-reactive ketones (excluding diaryl/α,β-unsaturated/α-hetero) is 1. The van der Waals surface area contributed by atoms with Gasteiger partial charge in [-0.25, -0.2) is 4.79 Å². The lowest BCUT2D eigenvalue weighted by molar-refractivity contribution is 0.104. The number of fused-ring (bicyclic) bond motifs is 1. The van der Waals surface area contributed by atoms with E-state index in [0.29, 0.717) is 19.6 Å². The summed E-state index contributed by atoms with van der Waals surface area (Å²) in [6.07, 6.45) is 3.31. The summed E-state index contributed by atoms with van der Waals surface area (Å²) in [5, 5.41) is 2.97. The van der Waals surface area contributed by atoms with Gasteiger partial charge in [0.05, 0.1) is 12.3 Å². The molecule has 0 saturated carbocycles. The molecule has 0 fully saturated rings. The van der Waals surface area contributed by atoms with Crippen molar-refractivity contribution in [1.29, 1.82) is 0 Å². The molecular weight excluding hydrogens is 346 g/mol. The van der Waals surface area contributed by atoms with Gasteiger partial charge in [-0.05, 0) is 36.6 Å². The Balaban J connectivity index is 1.98. The molecule has 1 aliphatic heterocycles. The summed E-state index contributed by atoms with van der Waals surface area (Å²) in [5.74, 6) is 0.643. The first-order chi connectivity index (χ1) is 13.0. The van der Waals surface area contributed by atoms with Gasteiger partial charge in [-0.1, -0.05) is 26.0 Å². The molecule has 7 heteroatoms. The first-order valence-corrected chi connectivity index (χ1v) is 9.08. The van der Waals surface area contributed by atoms with Gasteiger partial charge in [0.2, 0.25) is 5.78 Å². The maximum absolute atomic E-state index is 12.8. The normalized spacial score (nSPS) is 14.3. The van der Waals surface area contributed by atoms with Crippen molar-refractivity contribution in [1.82, 2.24) is 9.13 Å². The third kappa shape index (κ3) is 3.45. The van der Waals surface area contributed by atoms with Crippen molar-refractivity contribution in [3.05, 3.63) is 61.9 Å². The summed E-state index contributed by atoms with van der Waals surface area (Å²) in [7, 11) is 1.39. The number of hydrogen-bond donors (Lipinski definition) is 1. The van der Waals surface area contributed by atoms with Crippen molar-refractivity contribution in [2.45, 2.75) is 33.2 Å². The Labute approximate surface area is 156 Å². The van der Waals surface area contributed by atoms with E-state index in [1.165, 1.54) is 11.6 Å². The Morgan fingerprint density at radius 2 is 1.78 bits per heavy atom. The predicted molar refractivity (Wildman–Crippen MR) is 104 cm³/mol. The van der Waals surface area contributed by atoms with Crippen molar-refractivity contribution in [3.8, 4) is 5.75 Å². The Morgan fingerprint density at radius 1 is 1.07 bits per heavy atom. The minimum absolute atomic E-state index is 0.0136. The van der Waals surface area contributed by atoms with Gasteiger partial charge >= 0.3 is 5.69 Å². The molecule has 0 aliphatic carbocycles. The first kappa shape index (κ1) is 18.7. The van der Waals surface area contributed by atoms with Crippen LogP contribution in [0.15, 0.2) is 39.6 Å². The lowest BCUT2D eigenvalue weighted by Crippen LogP contribution is -2.40. The second kappa shape index (κ2) is 7.65. The fraction of sp³-hybridized carbons (Fsp3) is 0.350. The fourth-order valence-corrected chi connectivity index (χ4v) is 3.00. The van der Waals surface area contributed by atoms with Crippen LogP contribution in [0.25, 0.3) is 6.08 Å². The highest BCUT2D eigenvalue weighted by Gasteiger charge is 2.32. The summed E-state index contributed by atoms with van der Waals surface area (Å²) in [6.45, 7) is 5.04. The summed E-state index contributed by atoms with van der Waals surface area (Å²) < 4.78 is 7.98. The third-order valence-electron chi connectivity index (χ3n) is 4.38. The molecule has 0 amide bonds. The number of carbonyl (C=O) groups excluding carboxylic acids is 1. The van der Waals surface area contributed by atoms with Crippen LogP contribution < -0.4 is 21.3 Å². The van der Waals surface area contributed by atoms with E-state index in [0.717, 1.165) is 22.3 Å². The molecule has 1 aromatic carbocycles. The number of nitrogens with one attached hydrogen (secondary N) is 1. The predicted octanol–water partition coefficient (Wildman–Crippen LogP) is 2.40. The van der Waals surface area contributed by atoms with Crippen molar-refractivity contribution < 1.29 is 9.53 Å². The fourth-order valence-electron chi connectivity index (χ4n) is 3.00. The maximum atomic E-state index is 12.8. The van der Waals surface area contributed by atoms with Gasteiger partial charge in [0.25, 0.3) is 5.56 Å². The average Bonchev–Trinajstić information content (AvgIpc) is 2.99. The molecule has 0 bridgehead atoms. The number of carbonyl (C=O) groups is 1. The summed E-state index contributed by atoms with van der Waals surface area (Å²) in [4.78, 5) is 37.6. The number of allylic oxidation sites excluding steroid dienone is 1. The van der Waals surface area contributed by atoms with Crippen LogP contribution in [-0.2, 0) is 13.6 Å². The molecule has 0 spiro atoms. The van der Waals surface area contributed by atoms with Crippen molar-refractivity contribution in [2.24, 2.45) is 7.05 Å². The molecule has 1 N–H and O–H groups in total. The quantitative estimate of drug-likeness (QED) is 0.791. The minimum Gasteiger partial charge on any atom is -0.494 e. The van der Waals surface area contributed by atoms with Crippen molar-refractivity contribution in [3.63, 3.8) is 0 Å². The Kier molecular flexibility index (Phi) is 5.30. The second-order valence-corrected chi connectivity index (χ2v) is 6.45. The van der Waals surface area contributed by atoms with E-state index in [1.54, 1.807) is 6.08 Å². The monoisotopic (exact) mass is 369 g/mol.